The summed E-state index contributed by atoms with van der Waals surface area (Å²) in [6.07, 6.45) is 1.12. The number of thiophene rings is 1. The van der Waals surface area contributed by atoms with E-state index in [-0.39, 0.29) is 23.5 Å². The molecule has 156 valence electrons. The molecule has 0 radical (unpaired) electrons. The van der Waals surface area contributed by atoms with Crippen molar-refractivity contribution in [3.63, 3.8) is 0 Å². The van der Waals surface area contributed by atoms with Crippen LogP contribution in [0.3, 0.4) is 0 Å². The molecule has 0 atom stereocenters. The van der Waals surface area contributed by atoms with Crippen molar-refractivity contribution in [1.82, 2.24) is 10.1 Å². The van der Waals surface area contributed by atoms with E-state index in [4.69, 9.17) is 4.52 Å². The summed E-state index contributed by atoms with van der Waals surface area (Å²) in [5.74, 6) is -0.569. The van der Waals surface area contributed by atoms with E-state index in [1.165, 1.54) is 43.8 Å². The highest BCUT2D eigenvalue weighted by Crippen LogP contribution is 2.22. The molecule has 1 N–H and O–H groups in total. The number of hydrogen-bond acceptors (Lipinski definition) is 9. The molecule has 1 amide bonds. The summed E-state index contributed by atoms with van der Waals surface area (Å²) < 4.78 is 14.6. The Bertz CT molecular complexity index is 1010. The Labute approximate surface area is 176 Å². The number of ether oxygens (including phenoxy) is 2. The first-order chi connectivity index (χ1) is 14.5. The summed E-state index contributed by atoms with van der Waals surface area (Å²) in [4.78, 5) is 41.2. The number of amides is 1. The van der Waals surface area contributed by atoms with Crippen LogP contribution in [-0.4, -0.2) is 42.2 Å². The molecule has 0 aliphatic heterocycles. The lowest BCUT2D eigenvalue weighted by Gasteiger charge is -2.09. The fourth-order valence-electron chi connectivity index (χ4n) is 2.66. The van der Waals surface area contributed by atoms with Gasteiger partial charge in [-0.2, -0.15) is 4.98 Å². The van der Waals surface area contributed by atoms with Gasteiger partial charge in [0.25, 0.3) is 0 Å². The number of hydrogen-bond donors (Lipinski definition) is 1. The van der Waals surface area contributed by atoms with Gasteiger partial charge in [-0.15, -0.1) is 11.3 Å². The van der Waals surface area contributed by atoms with Crippen LogP contribution in [0.2, 0.25) is 0 Å². The summed E-state index contributed by atoms with van der Waals surface area (Å²) >= 11 is 1.51. The molecule has 0 saturated carbocycles. The van der Waals surface area contributed by atoms with Gasteiger partial charge in [0.15, 0.2) is 0 Å². The van der Waals surface area contributed by atoms with Crippen LogP contribution in [0.25, 0.3) is 10.7 Å². The predicted molar refractivity (Wildman–Crippen MR) is 108 cm³/mol. The molecule has 0 fully saturated rings. The molecule has 3 rings (SSSR count). The molecular formula is C20H19N3O6S. The summed E-state index contributed by atoms with van der Waals surface area (Å²) in [5, 5.41) is 8.53. The summed E-state index contributed by atoms with van der Waals surface area (Å²) in [7, 11) is 2.46. The van der Waals surface area contributed by atoms with Gasteiger partial charge in [-0.05, 0) is 36.1 Å². The van der Waals surface area contributed by atoms with E-state index in [0.29, 0.717) is 30.2 Å². The van der Waals surface area contributed by atoms with Crippen molar-refractivity contribution in [2.75, 3.05) is 19.5 Å². The number of anilines is 1. The van der Waals surface area contributed by atoms with E-state index in [1.807, 2.05) is 17.5 Å². The highest BCUT2D eigenvalue weighted by molar-refractivity contribution is 7.13. The van der Waals surface area contributed by atoms with Crippen LogP contribution in [0.1, 0.15) is 39.4 Å². The number of methoxy groups -OCH3 is 2. The number of benzene rings is 1. The van der Waals surface area contributed by atoms with Gasteiger partial charge in [0.1, 0.15) is 0 Å². The molecule has 0 saturated heterocycles. The topological polar surface area (TPSA) is 121 Å². The minimum Gasteiger partial charge on any atom is -0.465 e. The lowest BCUT2D eigenvalue weighted by Crippen LogP contribution is -2.14. The van der Waals surface area contributed by atoms with Gasteiger partial charge in [-0.25, -0.2) is 9.59 Å². The lowest BCUT2D eigenvalue weighted by atomic mass is 10.1. The van der Waals surface area contributed by atoms with Crippen molar-refractivity contribution >= 4 is 34.9 Å². The lowest BCUT2D eigenvalue weighted by molar-refractivity contribution is -0.116. The summed E-state index contributed by atoms with van der Waals surface area (Å²) in [6.45, 7) is 0. The summed E-state index contributed by atoms with van der Waals surface area (Å²) in [6, 6.07) is 8.01. The molecule has 1 aromatic carbocycles. The molecule has 0 spiro atoms. The van der Waals surface area contributed by atoms with Gasteiger partial charge >= 0.3 is 11.9 Å². The fourth-order valence-corrected chi connectivity index (χ4v) is 3.31. The minimum atomic E-state index is -0.630. The SMILES string of the molecule is COC(=O)c1cc(NC(=O)CCCc2nc(-c3cccs3)no2)cc(C(=O)OC)c1. The Hall–Kier alpha value is -3.53. The van der Waals surface area contributed by atoms with Gasteiger partial charge in [-0.3, -0.25) is 4.79 Å². The zero-order chi connectivity index (χ0) is 21.5. The Morgan fingerprint density at radius 2 is 1.80 bits per heavy atom. The monoisotopic (exact) mass is 429 g/mol. The number of esters is 2. The van der Waals surface area contributed by atoms with Gasteiger partial charge < -0.3 is 19.3 Å². The molecule has 10 heteroatoms. The molecule has 0 bridgehead atoms. The Morgan fingerprint density at radius 3 is 2.40 bits per heavy atom. The summed E-state index contributed by atoms with van der Waals surface area (Å²) in [5.41, 5.74) is 0.548. The second kappa shape index (κ2) is 9.79. The zero-order valence-electron chi connectivity index (χ0n) is 16.3. The highest BCUT2D eigenvalue weighted by Gasteiger charge is 2.15. The maximum Gasteiger partial charge on any atom is 0.337 e. The Morgan fingerprint density at radius 1 is 1.10 bits per heavy atom. The highest BCUT2D eigenvalue weighted by atomic mass is 32.1. The van der Waals surface area contributed by atoms with Gasteiger partial charge in [0.2, 0.25) is 17.6 Å². The average Bonchev–Trinajstić information content (AvgIpc) is 3.44. The third-order valence-electron chi connectivity index (χ3n) is 4.06. The maximum atomic E-state index is 12.3. The first kappa shape index (κ1) is 21.2. The van der Waals surface area contributed by atoms with Gasteiger partial charge in [0.05, 0.1) is 30.2 Å². The third kappa shape index (κ3) is 5.29. The Balaban J connectivity index is 1.59. The predicted octanol–water partition coefficient (Wildman–Crippen LogP) is 3.33. The number of nitrogens with one attached hydrogen (secondary N) is 1. The molecule has 30 heavy (non-hydrogen) atoms. The van der Waals surface area contributed by atoms with E-state index in [2.05, 4.69) is 24.9 Å². The van der Waals surface area contributed by atoms with Gasteiger partial charge in [-0.1, -0.05) is 11.2 Å². The second-order valence-electron chi connectivity index (χ2n) is 6.17. The minimum absolute atomic E-state index is 0.127. The van der Waals surface area contributed by atoms with Crippen LogP contribution in [-0.2, 0) is 20.7 Å². The van der Waals surface area contributed by atoms with Crippen LogP contribution < -0.4 is 5.32 Å². The fraction of sp³-hybridized carbons (Fsp3) is 0.250. The quantitative estimate of drug-likeness (QED) is 0.541. The van der Waals surface area contributed by atoms with Crippen molar-refractivity contribution in [2.24, 2.45) is 0 Å². The van der Waals surface area contributed by atoms with E-state index in [0.717, 1.165) is 4.88 Å². The molecule has 0 unspecified atom stereocenters. The van der Waals surface area contributed by atoms with E-state index < -0.39 is 11.9 Å². The van der Waals surface area contributed by atoms with E-state index in [9.17, 15) is 14.4 Å². The molecule has 3 aromatic rings. The molecule has 0 aliphatic rings. The van der Waals surface area contributed by atoms with Crippen molar-refractivity contribution in [3.05, 3.63) is 52.7 Å². The van der Waals surface area contributed by atoms with Crippen molar-refractivity contribution in [1.29, 1.82) is 0 Å². The molecule has 2 aromatic heterocycles. The zero-order valence-corrected chi connectivity index (χ0v) is 17.2. The molecular weight excluding hydrogens is 410 g/mol. The van der Waals surface area contributed by atoms with Crippen LogP contribution >= 0.6 is 11.3 Å². The van der Waals surface area contributed by atoms with Crippen LogP contribution in [0.5, 0.6) is 0 Å². The Kier molecular flexibility index (Phi) is 6.91. The van der Waals surface area contributed by atoms with Crippen LogP contribution in [0.15, 0.2) is 40.2 Å². The number of aryl methyl sites for hydroxylation is 1. The third-order valence-corrected chi connectivity index (χ3v) is 4.93. The number of carbonyl (C=O) groups is 3. The smallest absolute Gasteiger partial charge is 0.337 e. The van der Waals surface area contributed by atoms with Crippen LogP contribution in [0.4, 0.5) is 5.69 Å². The van der Waals surface area contributed by atoms with E-state index >= 15 is 0 Å². The second-order valence-corrected chi connectivity index (χ2v) is 7.12. The normalized spacial score (nSPS) is 10.5. The first-order valence-electron chi connectivity index (χ1n) is 8.98. The van der Waals surface area contributed by atoms with Crippen molar-refractivity contribution in [3.8, 4) is 10.7 Å². The maximum absolute atomic E-state index is 12.3. The molecule has 9 nitrogen and oxygen atoms in total. The molecule has 0 aliphatic carbocycles. The van der Waals surface area contributed by atoms with Gasteiger partial charge in [0, 0.05) is 18.5 Å². The standard InChI is InChI=1S/C20H19N3O6S/c1-27-19(25)12-9-13(20(26)28-2)11-14(10-12)21-16(24)6-3-7-17-22-18(23-29-17)15-5-4-8-30-15/h4-5,8-11H,3,6-7H2,1-2H3,(H,21,24). The van der Waals surface area contributed by atoms with Crippen LogP contribution in [0, 0.1) is 0 Å². The number of carbonyl (C=O) groups excluding carboxylic acids is 3. The first-order valence-corrected chi connectivity index (χ1v) is 9.86. The number of aromatic nitrogens is 2. The largest absolute Gasteiger partial charge is 0.465 e. The van der Waals surface area contributed by atoms with E-state index in [1.54, 1.807) is 0 Å². The molecule has 2 heterocycles. The number of nitrogens with zero attached hydrogens (tertiary/aromatic N) is 2. The number of rotatable bonds is 8. The average molecular weight is 429 g/mol. The van der Waals surface area contributed by atoms with Crippen molar-refractivity contribution < 1.29 is 28.4 Å². The van der Waals surface area contributed by atoms with Crippen molar-refractivity contribution in [2.45, 2.75) is 19.3 Å².